The van der Waals surface area contributed by atoms with Crippen molar-refractivity contribution >= 4 is 11.6 Å². The van der Waals surface area contributed by atoms with Crippen molar-refractivity contribution in [3.63, 3.8) is 0 Å². The standard InChI is InChI=1S/C11H18O2/c1-8(12)11(2,3)7-9-5-4-6-10(9)13/h9H,4-7H2,1-3H3. The first-order valence-electron chi connectivity index (χ1n) is 4.97. The van der Waals surface area contributed by atoms with Gasteiger partial charge >= 0.3 is 0 Å². The highest BCUT2D eigenvalue weighted by molar-refractivity contribution is 5.85. The third-order valence-electron chi connectivity index (χ3n) is 3.14. The lowest BCUT2D eigenvalue weighted by Crippen LogP contribution is -2.26. The number of carbonyl (C=O) groups is 2. The number of hydrogen-bond donors (Lipinski definition) is 0. The van der Waals surface area contributed by atoms with Gasteiger partial charge in [-0.3, -0.25) is 9.59 Å². The second kappa shape index (κ2) is 3.60. The van der Waals surface area contributed by atoms with Gasteiger partial charge in [0.1, 0.15) is 11.6 Å². The summed E-state index contributed by atoms with van der Waals surface area (Å²) in [6.45, 7) is 5.47. The summed E-state index contributed by atoms with van der Waals surface area (Å²) < 4.78 is 0. The lowest BCUT2D eigenvalue weighted by atomic mass is 9.79. The minimum absolute atomic E-state index is 0.152. The third-order valence-corrected chi connectivity index (χ3v) is 3.14. The molecular formula is C11H18O2. The summed E-state index contributed by atoms with van der Waals surface area (Å²) in [5.41, 5.74) is -0.315. The Labute approximate surface area is 79.7 Å². The molecule has 0 N–H and O–H groups in total. The molecule has 0 spiro atoms. The average Bonchev–Trinajstić information content (AvgIpc) is 2.35. The largest absolute Gasteiger partial charge is 0.299 e. The van der Waals surface area contributed by atoms with Gasteiger partial charge in [0, 0.05) is 17.8 Å². The van der Waals surface area contributed by atoms with Gasteiger partial charge in [0.2, 0.25) is 0 Å². The Morgan fingerprint density at radius 2 is 2.15 bits per heavy atom. The van der Waals surface area contributed by atoms with E-state index in [4.69, 9.17) is 0 Å². The van der Waals surface area contributed by atoms with Crippen LogP contribution in [0.4, 0.5) is 0 Å². The molecule has 0 amide bonds. The van der Waals surface area contributed by atoms with Crippen molar-refractivity contribution < 1.29 is 9.59 Å². The molecule has 2 nitrogen and oxygen atoms in total. The van der Waals surface area contributed by atoms with E-state index in [1.54, 1.807) is 6.92 Å². The normalized spacial score (nSPS) is 23.6. The van der Waals surface area contributed by atoms with Gasteiger partial charge in [0.05, 0.1) is 0 Å². The predicted octanol–water partition coefficient (Wildman–Crippen LogP) is 2.36. The van der Waals surface area contributed by atoms with Crippen LogP contribution in [0, 0.1) is 11.3 Å². The van der Waals surface area contributed by atoms with Crippen LogP contribution in [0.25, 0.3) is 0 Å². The molecule has 1 fully saturated rings. The van der Waals surface area contributed by atoms with Gasteiger partial charge in [0.25, 0.3) is 0 Å². The fourth-order valence-corrected chi connectivity index (χ4v) is 1.86. The van der Waals surface area contributed by atoms with Crippen LogP contribution >= 0.6 is 0 Å². The van der Waals surface area contributed by atoms with E-state index >= 15 is 0 Å². The Hall–Kier alpha value is -0.660. The molecule has 74 valence electrons. The van der Waals surface area contributed by atoms with Crippen molar-refractivity contribution in [3.8, 4) is 0 Å². The van der Waals surface area contributed by atoms with Crippen LogP contribution in [0.2, 0.25) is 0 Å². The van der Waals surface area contributed by atoms with Crippen molar-refractivity contribution in [1.29, 1.82) is 0 Å². The molecule has 0 aromatic heterocycles. The fourth-order valence-electron chi connectivity index (χ4n) is 1.86. The molecule has 0 saturated heterocycles. The van der Waals surface area contributed by atoms with Gasteiger partial charge in [-0.15, -0.1) is 0 Å². The van der Waals surface area contributed by atoms with E-state index in [9.17, 15) is 9.59 Å². The second-order valence-electron chi connectivity index (χ2n) is 4.70. The topological polar surface area (TPSA) is 34.1 Å². The molecule has 1 atom stereocenters. The van der Waals surface area contributed by atoms with Gasteiger partial charge in [-0.1, -0.05) is 13.8 Å². The quantitative estimate of drug-likeness (QED) is 0.671. The molecule has 1 saturated carbocycles. The minimum Gasteiger partial charge on any atom is -0.299 e. The molecular weight excluding hydrogens is 164 g/mol. The van der Waals surface area contributed by atoms with Gasteiger partial charge in [-0.25, -0.2) is 0 Å². The molecule has 13 heavy (non-hydrogen) atoms. The van der Waals surface area contributed by atoms with Crippen LogP contribution in [-0.4, -0.2) is 11.6 Å². The highest BCUT2D eigenvalue weighted by Gasteiger charge is 2.33. The maximum absolute atomic E-state index is 11.4. The van der Waals surface area contributed by atoms with E-state index < -0.39 is 0 Å². The van der Waals surface area contributed by atoms with Crippen LogP contribution in [0.3, 0.4) is 0 Å². The summed E-state index contributed by atoms with van der Waals surface area (Å²) in [4.78, 5) is 22.6. The van der Waals surface area contributed by atoms with Crippen molar-refractivity contribution in [2.75, 3.05) is 0 Å². The first-order valence-corrected chi connectivity index (χ1v) is 4.97. The average molecular weight is 182 g/mol. The van der Waals surface area contributed by atoms with Crippen molar-refractivity contribution in [1.82, 2.24) is 0 Å². The maximum atomic E-state index is 11.4. The smallest absolute Gasteiger partial charge is 0.136 e. The highest BCUT2D eigenvalue weighted by atomic mass is 16.1. The molecule has 0 aliphatic heterocycles. The van der Waals surface area contributed by atoms with Crippen LogP contribution in [-0.2, 0) is 9.59 Å². The van der Waals surface area contributed by atoms with Crippen LogP contribution in [0.1, 0.15) is 46.5 Å². The Balaban J connectivity index is 2.57. The molecule has 1 aliphatic carbocycles. The zero-order chi connectivity index (χ0) is 10.1. The fraction of sp³-hybridized carbons (Fsp3) is 0.818. The summed E-state index contributed by atoms with van der Waals surface area (Å²) in [6.07, 6.45) is 3.45. The summed E-state index contributed by atoms with van der Waals surface area (Å²) in [5.74, 6) is 0.695. The number of carbonyl (C=O) groups excluding carboxylic acids is 2. The lowest BCUT2D eigenvalue weighted by Gasteiger charge is -2.23. The molecule has 1 rings (SSSR count). The van der Waals surface area contributed by atoms with Crippen molar-refractivity contribution in [2.45, 2.75) is 46.5 Å². The van der Waals surface area contributed by atoms with Crippen molar-refractivity contribution in [2.24, 2.45) is 11.3 Å². The number of rotatable bonds is 3. The first-order chi connectivity index (χ1) is 5.93. The number of Topliss-reactive ketones (excluding diaryl/α,β-unsaturated/α-hetero) is 2. The SMILES string of the molecule is CC(=O)C(C)(C)CC1CCCC1=O. The zero-order valence-electron chi connectivity index (χ0n) is 8.72. The second-order valence-corrected chi connectivity index (χ2v) is 4.70. The predicted molar refractivity (Wildman–Crippen MR) is 51.4 cm³/mol. The molecule has 2 heteroatoms. The summed E-state index contributed by atoms with van der Waals surface area (Å²) in [6, 6.07) is 0. The molecule has 1 aliphatic rings. The van der Waals surface area contributed by atoms with Gasteiger partial charge < -0.3 is 0 Å². The molecule has 0 aromatic rings. The van der Waals surface area contributed by atoms with E-state index in [0.29, 0.717) is 5.78 Å². The number of hydrogen-bond acceptors (Lipinski definition) is 2. The van der Waals surface area contributed by atoms with Gasteiger partial charge in [0.15, 0.2) is 0 Å². The summed E-state index contributed by atoms with van der Waals surface area (Å²) in [5, 5.41) is 0. The molecule has 0 bridgehead atoms. The van der Waals surface area contributed by atoms with Crippen LogP contribution in [0.5, 0.6) is 0 Å². The van der Waals surface area contributed by atoms with Crippen molar-refractivity contribution in [3.05, 3.63) is 0 Å². The van der Waals surface area contributed by atoms with E-state index in [-0.39, 0.29) is 17.1 Å². The first kappa shape index (κ1) is 10.4. The molecule has 0 aromatic carbocycles. The van der Waals surface area contributed by atoms with Crippen LogP contribution in [0.15, 0.2) is 0 Å². The molecule has 0 heterocycles. The van der Waals surface area contributed by atoms with Crippen LogP contribution < -0.4 is 0 Å². The summed E-state index contributed by atoms with van der Waals surface area (Å²) in [7, 11) is 0. The molecule has 0 radical (unpaired) electrons. The Morgan fingerprint density at radius 3 is 2.54 bits per heavy atom. The van der Waals surface area contributed by atoms with E-state index in [1.165, 1.54) is 0 Å². The third kappa shape index (κ3) is 2.39. The maximum Gasteiger partial charge on any atom is 0.136 e. The van der Waals surface area contributed by atoms with E-state index in [1.807, 2.05) is 13.8 Å². The molecule has 1 unspecified atom stereocenters. The lowest BCUT2D eigenvalue weighted by molar-refractivity contribution is -0.127. The Kier molecular flexibility index (Phi) is 2.89. The monoisotopic (exact) mass is 182 g/mol. The highest BCUT2D eigenvalue weighted by Crippen LogP contribution is 2.33. The zero-order valence-corrected chi connectivity index (χ0v) is 8.72. The van der Waals surface area contributed by atoms with E-state index in [2.05, 4.69) is 0 Å². The van der Waals surface area contributed by atoms with E-state index in [0.717, 1.165) is 25.7 Å². The number of ketones is 2. The van der Waals surface area contributed by atoms with Gasteiger partial charge in [-0.05, 0) is 26.2 Å². The Bertz CT molecular complexity index is 228. The summed E-state index contributed by atoms with van der Waals surface area (Å²) >= 11 is 0. The Morgan fingerprint density at radius 1 is 1.54 bits per heavy atom. The van der Waals surface area contributed by atoms with Gasteiger partial charge in [-0.2, -0.15) is 0 Å². The minimum atomic E-state index is -0.315.